The molecule has 1 atom stereocenters. The molecule has 1 amide bonds. The lowest BCUT2D eigenvalue weighted by atomic mass is 9.90. The van der Waals surface area contributed by atoms with Crippen molar-refractivity contribution in [3.8, 4) is 0 Å². The van der Waals surface area contributed by atoms with E-state index in [1.807, 2.05) is 30.3 Å². The number of carbonyl (C=O) groups is 2. The Balaban J connectivity index is 1.39. The number of carbonyl (C=O) groups excluding carboxylic acids is 2. The van der Waals surface area contributed by atoms with Crippen molar-refractivity contribution in [2.75, 3.05) is 18.1 Å². The molecule has 2 aromatic rings. The maximum absolute atomic E-state index is 12.4. The SMILES string of the molecule is CC1CCc2sc(C(=O)OCC(=O)N3CCc4ccccc43)cc2C1. The molecule has 0 saturated heterocycles. The number of aryl methyl sites for hydroxylation is 1. The van der Waals surface area contributed by atoms with Crippen LogP contribution in [0.3, 0.4) is 0 Å². The van der Waals surface area contributed by atoms with E-state index in [-0.39, 0.29) is 18.5 Å². The summed E-state index contributed by atoms with van der Waals surface area (Å²) < 4.78 is 5.30. The molecule has 0 radical (unpaired) electrons. The third-order valence-corrected chi connectivity index (χ3v) is 6.26. The summed E-state index contributed by atoms with van der Waals surface area (Å²) in [5, 5.41) is 0. The first-order valence-electron chi connectivity index (χ1n) is 8.79. The third kappa shape index (κ3) is 3.21. The van der Waals surface area contributed by atoms with Gasteiger partial charge in [0.05, 0.1) is 0 Å². The molecule has 1 unspecified atom stereocenters. The molecule has 1 aromatic heterocycles. The highest BCUT2D eigenvalue weighted by molar-refractivity contribution is 7.14. The van der Waals surface area contributed by atoms with Gasteiger partial charge in [-0.2, -0.15) is 0 Å². The Morgan fingerprint density at radius 2 is 2.08 bits per heavy atom. The molecule has 2 aliphatic rings. The van der Waals surface area contributed by atoms with Crippen LogP contribution in [-0.2, 0) is 28.8 Å². The smallest absolute Gasteiger partial charge is 0.348 e. The second-order valence-electron chi connectivity index (χ2n) is 6.91. The van der Waals surface area contributed by atoms with E-state index >= 15 is 0 Å². The van der Waals surface area contributed by atoms with Gasteiger partial charge in [-0.3, -0.25) is 4.79 Å². The lowest BCUT2D eigenvalue weighted by molar-refractivity contribution is -0.121. The van der Waals surface area contributed by atoms with Gasteiger partial charge < -0.3 is 9.64 Å². The Hall–Kier alpha value is -2.14. The minimum absolute atomic E-state index is 0.159. The van der Waals surface area contributed by atoms with E-state index in [1.165, 1.54) is 33.8 Å². The topological polar surface area (TPSA) is 46.6 Å². The Labute approximate surface area is 151 Å². The highest BCUT2D eigenvalue weighted by atomic mass is 32.1. The van der Waals surface area contributed by atoms with Crippen molar-refractivity contribution in [1.82, 2.24) is 0 Å². The van der Waals surface area contributed by atoms with Gasteiger partial charge >= 0.3 is 5.97 Å². The molecule has 0 N–H and O–H groups in total. The molecule has 1 aromatic carbocycles. The summed E-state index contributed by atoms with van der Waals surface area (Å²) in [5.41, 5.74) is 3.38. The molecular formula is C20H21NO3S. The lowest BCUT2D eigenvalue weighted by Gasteiger charge is -2.16. The molecule has 0 fully saturated rings. The molecule has 1 aliphatic heterocycles. The van der Waals surface area contributed by atoms with Crippen molar-refractivity contribution in [3.05, 3.63) is 51.2 Å². The number of rotatable bonds is 3. The monoisotopic (exact) mass is 355 g/mol. The van der Waals surface area contributed by atoms with Crippen LogP contribution in [0.15, 0.2) is 30.3 Å². The van der Waals surface area contributed by atoms with E-state index in [4.69, 9.17) is 4.74 Å². The van der Waals surface area contributed by atoms with Gasteiger partial charge in [-0.15, -0.1) is 11.3 Å². The zero-order valence-corrected chi connectivity index (χ0v) is 15.1. The number of thiophene rings is 1. The lowest BCUT2D eigenvalue weighted by Crippen LogP contribution is -2.33. The van der Waals surface area contributed by atoms with Crippen molar-refractivity contribution >= 4 is 28.9 Å². The third-order valence-electron chi connectivity index (χ3n) is 5.05. The molecule has 4 nitrogen and oxygen atoms in total. The average molecular weight is 355 g/mol. The van der Waals surface area contributed by atoms with Crippen LogP contribution >= 0.6 is 11.3 Å². The number of esters is 1. The second kappa shape index (κ2) is 6.64. The van der Waals surface area contributed by atoms with Crippen molar-refractivity contribution < 1.29 is 14.3 Å². The standard InChI is InChI=1S/C20H21NO3S/c1-13-6-7-17-15(10-13)11-18(25-17)20(23)24-12-19(22)21-9-8-14-4-2-3-5-16(14)21/h2-5,11,13H,6-10,12H2,1H3. The summed E-state index contributed by atoms with van der Waals surface area (Å²) >= 11 is 1.52. The molecule has 0 spiro atoms. The fraction of sp³-hybridized carbons (Fsp3) is 0.400. The molecule has 1 aliphatic carbocycles. The van der Waals surface area contributed by atoms with Crippen LogP contribution in [0.4, 0.5) is 5.69 Å². The van der Waals surface area contributed by atoms with Gasteiger partial charge in [-0.05, 0) is 54.9 Å². The number of benzene rings is 1. The fourth-order valence-electron chi connectivity index (χ4n) is 3.68. The predicted molar refractivity (Wildman–Crippen MR) is 98.3 cm³/mol. The van der Waals surface area contributed by atoms with Crippen molar-refractivity contribution in [2.45, 2.75) is 32.6 Å². The maximum atomic E-state index is 12.4. The number of nitrogens with zero attached hydrogens (tertiary/aromatic N) is 1. The zero-order valence-electron chi connectivity index (χ0n) is 14.3. The van der Waals surface area contributed by atoms with E-state index in [9.17, 15) is 9.59 Å². The maximum Gasteiger partial charge on any atom is 0.348 e. The van der Waals surface area contributed by atoms with Crippen LogP contribution in [0, 0.1) is 5.92 Å². The highest BCUT2D eigenvalue weighted by Gasteiger charge is 2.26. The van der Waals surface area contributed by atoms with Gasteiger partial charge in [-0.1, -0.05) is 25.1 Å². The van der Waals surface area contributed by atoms with Crippen LogP contribution in [0.25, 0.3) is 0 Å². The zero-order chi connectivity index (χ0) is 17.4. The Morgan fingerprint density at radius 3 is 2.96 bits per heavy atom. The highest BCUT2D eigenvalue weighted by Crippen LogP contribution is 2.32. The van der Waals surface area contributed by atoms with E-state index in [2.05, 4.69) is 6.92 Å². The summed E-state index contributed by atoms with van der Waals surface area (Å²) in [7, 11) is 0. The first-order chi connectivity index (χ1) is 12.1. The molecule has 0 bridgehead atoms. The van der Waals surface area contributed by atoms with Gasteiger partial charge in [0.1, 0.15) is 4.88 Å². The fourth-order valence-corrected chi connectivity index (χ4v) is 4.78. The Morgan fingerprint density at radius 1 is 1.24 bits per heavy atom. The van der Waals surface area contributed by atoms with Crippen molar-refractivity contribution in [1.29, 1.82) is 0 Å². The summed E-state index contributed by atoms with van der Waals surface area (Å²) in [6, 6.07) is 9.83. The van der Waals surface area contributed by atoms with E-state index < -0.39 is 0 Å². The van der Waals surface area contributed by atoms with Gasteiger partial charge in [0, 0.05) is 17.1 Å². The summed E-state index contributed by atoms with van der Waals surface area (Å²) in [4.78, 5) is 28.4. The van der Waals surface area contributed by atoms with E-state index in [0.717, 1.165) is 24.9 Å². The van der Waals surface area contributed by atoms with Crippen molar-refractivity contribution in [3.63, 3.8) is 0 Å². The van der Waals surface area contributed by atoms with Crippen LogP contribution in [-0.4, -0.2) is 25.0 Å². The minimum atomic E-state index is -0.382. The first-order valence-corrected chi connectivity index (χ1v) is 9.60. The molecular weight excluding hydrogens is 334 g/mol. The molecule has 25 heavy (non-hydrogen) atoms. The number of amides is 1. The summed E-state index contributed by atoms with van der Waals surface area (Å²) in [5.74, 6) is 0.129. The van der Waals surface area contributed by atoms with Crippen LogP contribution < -0.4 is 4.90 Å². The van der Waals surface area contributed by atoms with E-state index in [1.54, 1.807) is 4.90 Å². The summed E-state index contributed by atoms with van der Waals surface area (Å²) in [6.45, 7) is 2.69. The molecule has 5 heteroatoms. The predicted octanol–water partition coefficient (Wildman–Crippen LogP) is 3.62. The molecule has 4 rings (SSSR count). The van der Waals surface area contributed by atoms with Gasteiger partial charge in [-0.25, -0.2) is 4.79 Å². The molecule has 130 valence electrons. The second-order valence-corrected chi connectivity index (χ2v) is 8.04. The van der Waals surface area contributed by atoms with Gasteiger partial charge in [0.2, 0.25) is 0 Å². The number of anilines is 1. The Bertz CT molecular complexity index is 826. The quantitative estimate of drug-likeness (QED) is 0.790. The van der Waals surface area contributed by atoms with Gasteiger partial charge in [0.25, 0.3) is 5.91 Å². The van der Waals surface area contributed by atoms with Crippen LogP contribution in [0.1, 0.15) is 39.0 Å². The molecule has 0 saturated carbocycles. The number of ether oxygens (including phenoxy) is 1. The largest absolute Gasteiger partial charge is 0.451 e. The number of para-hydroxylation sites is 1. The van der Waals surface area contributed by atoms with Crippen LogP contribution in [0.2, 0.25) is 0 Å². The summed E-state index contributed by atoms with van der Waals surface area (Å²) in [6.07, 6.45) is 4.10. The van der Waals surface area contributed by atoms with Gasteiger partial charge in [0.15, 0.2) is 6.61 Å². The van der Waals surface area contributed by atoms with Crippen LogP contribution in [0.5, 0.6) is 0 Å². The number of fused-ring (bicyclic) bond motifs is 2. The first kappa shape index (κ1) is 16.3. The number of hydrogen-bond acceptors (Lipinski definition) is 4. The molecule has 2 heterocycles. The van der Waals surface area contributed by atoms with Crippen molar-refractivity contribution in [2.24, 2.45) is 5.92 Å². The minimum Gasteiger partial charge on any atom is -0.451 e. The normalized spacial score (nSPS) is 18.6. The number of hydrogen-bond donors (Lipinski definition) is 0. The van der Waals surface area contributed by atoms with E-state index in [0.29, 0.717) is 17.3 Å². The average Bonchev–Trinajstić information content (AvgIpc) is 3.23. The Kier molecular flexibility index (Phi) is 4.34.